The van der Waals surface area contributed by atoms with E-state index in [4.69, 9.17) is 5.26 Å². The highest BCUT2D eigenvalue weighted by Crippen LogP contribution is 2.10. The van der Waals surface area contributed by atoms with Crippen LogP contribution in [-0.4, -0.2) is 74.0 Å². The van der Waals surface area contributed by atoms with Gasteiger partial charge in [0.2, 0.25) is 5.91 Å². The summed E-state index contributed by atoms with van der Waals surface area (Å²) in [7, 11) is 4.14. The first-order valence-electron chi connectivity index (χ1n) is 6.64. The van der Waals surface area contributed by atoms with Crippen molar-refractivity contribution in [3.05, 3.63) is 0 Å². The van der Waals surface area contributed by atoms with Crippen LogP contribution in [0.3, 0.4) is 0 Å². The van der Waals surface area contributed by atoms with Gasteiger partial charge in [0.15, 0.2) is 0 Å². The van der Waals surface area contributed by atoms with Crippen LogP contribution in [0.25, 0.3) is 0 Å². The fraction of sp³-hybridized carbons (Fsp3) is 0.846. The summed E-state index contributed by atoms with van der Waals surface area (Å²) < 4.78 is 0. The largest absolute Gasteiger partial charge is 0.339 e. The zero-order valence-corrected chi connectivity index (χ0v) is 11.7. The molecule has 0 aromatic rings. The van der Waals surface area contributed by atoms with Gasteiger partial charge < -0.3 is 9.80 Å². The zero-order valence-electron chi connectivity index (χ0n) is 11.7. The van der Waals surface area contributed by atoms with E-state index in [1.807, 2.05) is 11.8 Å². The van der Waals surface area contributed by atoms with Crippen molar-refractivity contribution in [2.24, 2.45) is 5.92 Å². The summed E-state index contributed by atoms with van der Waals surface area (Å²) in [6.45, 7) is 7.32. The van der Waals surface area contributed by atoms with E-state index >= 15 is 0 Å². The molecule has 1 saturated heterocycles. The number of hydrogen-bond donors (Lipinski definition) is 0. The Morgan fingerprint density at radius 2 is 1.94 bits per heavy atom. The number of nitriles is 1. The zero-order chi connectivity index (χ0) is 13.5. The van der Waals surface area contributed by atoms with E-state index in [-0.39, 0.29) is 5.91 Å². The quantitative estimate of drug-likeness (QED) is 0.703. The van der Waals surface area contributed by atoms with Crippen LogP contribution in [0.4, 0.5) is 0 Å². The molecule has 1 atom stereocenters. The number of hydrogen-bond acceptors (Lipinski definition) is 4. The lowest BCUT2D eigenvalue weighted by atomic mass is 10.1. The van der Waals surface area contributed by atoms with E-state index in [9.17, 15) is 4.79 Å². The standard InChI is InChI=1S/C13H24N4O/c1-4-12(11-14)13(18)17-9-7-16(8-10-17)6-5-15(2)3/h12H,4-10H2,1-3H3. The monoisotopic (exact) mass is 252 g/mol. The first-order valence-corrected chi connectivity index (χ1v) is 6.64. The SMILES string of the molecule is CCC(C#N)C(=O)N1CCN(CCN(C)C)CC1. The van der Waals surface area contributed by atoms with Crippen molar-refractivity contribution in [2.45, 2.75) is 13.3 Å². The van der Waals surface area contributed by atoms with E-state index in [1.165, 1.54) is 0 Å². The Bertz CT molecular complexity index is 303. The van der Waals surface area contributed by atoms with Crippen LogP contribution in [0.15, 0.2) is 0 Å². The highest BCUT2D eigenvalue weighted by molar-refractivity contribution is 5.81. The van der Waals surface area contributed by atoms with Crippen LogP contribution < -0.4 is 0 Å². The van der Waals surface area contributed by atoms with Crippen LogP contribution in [-0.2, 0) is 4.79 Å². The fourth-order valence-corrected chi connectivity index (χ4v) is 2.07. The average molecular weight is 252 g/mol. The van der Waals surface area contributed by atoms with Gasteiger partial charge in [-0.25, -0.2) is 0 Å². The molecule has 1 heterocycles. The summed E-state index contributed by atoms with van der Waals surface area (Å²) in [5.41, 5.74) is 0. The molecule has 1 rings (SSSR count). The Morgan fingerprint density at radius 1 is 1.33 bits per heavy atom. The van der Waals surface area contributed by atoms with Gasteiger partial charge in [-0.05, 0) is 20.5 Å². The molecule has 0 aromatic heterocycles. The molecule has 102 valence electrons. The summed E-state index contributed by atoms with van der Waals surface area (Å²) in [5.74, 6) is -0.453. The molecule has 0 N–H and O–H groups in total. The number of nitrogens with zero attached hydrogens (tertiary/aromatic N) is 4. The van der Waals surface area contributed by atoms with E-state index in [1.54, 1.807) is 0 Å². The fourth-order valence-electron chi connectivity index (χ4n) is 2.07. The lowest BCUT2D eigenvalue weighted by Crippen LogP contribution is -2.51. The van der Waals surface area contributed by atoms with E-state index in [0.717, 1.165) is 39.3 Å². The molecule has 0 aliphatic carbocycles. The third-order valence-corrected chi connectivity index (χ3v) is 3.41. The van der Waals surface area contributed by atoms with Crippen LogP contribution in [0.5, 0.6) is 0 Å². The van der Waals surface area contributed by atoms with Crippen molar-refractivity contribution >= 4 is 5.91 Å². The molecule has 1 aliphatic rings. The third kappa shape index (κ3) is 4.28. The second-order valence-electron chi connectivity index (χ2n) is 5.06. The van der Waals surface area contributed by atoms with E-state index < -0.39 is 5.92 Å². The Morgan fingerprint density at radius 3 is 2.39 bits per heavy atom. The third-order valence-electron chi connectivity index (χ3n) is 3.41. The normalized spacial score (nSPS) is 18.7. The maximum Gasteiger partial charge on any atom is 0.240 e. The minimum absolute atomic E-state index is 0.00672. The lowest BCUT2D eigenvalue weighted by Gasteiger charge is -2.35. The van der Waals surface area contributed by atoms with Crippen LogP contribution >= 0.6 is 0 Å². The van der Waals surface area contributed by atoms with Crippen molar-refractivity contribution in [2.75, 3.05) is 53.4 Å². The molecule has 18 heavy (non-hydrogen) atoms. The van der Waals surface area contributed by atoms with Crippen molar-refractivity contribution in [3.63, 3.8) is 0 Å². The van der Waals surface area contributed by atoms with Crippen molar-refractivity contribution < 1.29 is 4.79 Å². The molecule has 1 fully saturated rings. The summed E-state index contributed by atoms with van der Waals surface area (Å²) in [6, 6.07) is 2.09. The van der Waals surface area contributed by atoms with E-state index in [2.05, 4.69) is 30.0 Å². The van der Waals surface area contributed by atoms with Crippen LogP contribution in [0.1, 0.15) is 13.3 Å². The minimum atomic E-state index is -0.460. The molecule has 0 aromatic carbocycles. The topological polar surface area (TPSA) is 50.6 Å². The molecule has 0 spiro atoms. The van der Waals surface area contributed by atoms with Gasteiger partial charge in [0.05, 0.1) is 6.07 Å². The summed E-state index contributed by atoms with van der Waals surface area (Å²) in [6.07, 6.45) is 0.607. The van der Waals surface area contributed by atoms with Crippen molar-refractivity contribution in [3.8, 4) is 6.07 Å². The molecule has 1 unspecified atom stereocenters. The molecular weight excluding hydrogens is 228 g/mol. The van der Waals surface area contributed by atoms with Gasteiger partial charge in [0.25, 0.3) is 0 Å². The smallest absolute Gasteiger partial charge is 0.240 e. The van der Waals surface area contributed by atoms with Gasteiger partial charge in [-0.15, -0.1) is 0 Å². The number of piperazine rings is 1. The highest BCUT2D eigenvalue weighted by Gasteiger charge is 2.25. The first-order chi connectivity index (χ1) is 8.58. The Kier molecular flexibility index (Phi) is 6.10. The predicted octanol–water partition coefficient (Wildman–Crippen LogP) is 0.242. The maximum absolute atomic E-state index is 12.0. The van der Waals surface area contributed by atoms with Gasteiger partial charge in [0.1, 0.15) is 5.92 Å². The van der Waals surface area contributed by atoms with E-state index in [0.29, 0.717) is 6.42 Å². The molecule has 1 aliphatic heterocycles. The number of rotatable bonds is 5. The highest BCUT2D eigenvalue weighted by atomic mass is 16.2. The minimum Gasteiger partial charge on any atom is -0.339 e. The van der Waals surface area contributed by atoms with Crippen LogP contribution in [0.2, 0.25) is 0 Å². The second kappa shape index (κ2) is 7.34. The molecule has 1 amide bonds. The Balaban J connectivity index is 2.35. The molecule has 0 bridgehead atoms. The van der Waals surface area contributed by atoms with Crippen molar-refractivity contribution in [1.82, 2.24) is 14.7 Å². The Hall–Kier alpha value is -1.12. The van der Waals surface area contributed by atoms with Gasteiger partial charge in [-0.1, -0.05) is 6.92 Å². The van der Waals surface area contributed by atoms with Gasteiger partial charge >= 0.3 is 0 Å². The first kappa shape index (κ1) is 14.9. The van der Waals surface area contributed by atoms with Gasteiger partial charge in [-0.2, -0.15) is 5.26 Å². The number of amides is 1. The molecule has 5 heteroatoms. The summed E-state index contributed by atoms with van der Waals surface area (Å²) in [4.78, 5) is 18.4. The molecular formula is C13H24N4O. The van der Waals surface area contributed by atoms with Gasteiger partial charge in [0, 0.05) is 39.3 Å². The number of likely N-dealkylation sites (N-methyl/N-ethyl adjacent to an activating group) is 1. The van der Waals surface area contributed by atoms with Crippen LogP contribution in [0, 0.1) is 17.2 Å². The summed E-state index contributed by atoms with van der Waals surface area (Å²) in [5, 5.41) is 8.91. The molecule has 0 radical (unpaired) electrons. The Labute approximate surface area is 110 Å². The van der Waals surface area contributed by atoms with Crippen molar-refractivity contribution in [1.29, 1.82) is 5.26 Å². The summed E-state index contributed by atoms with van der Waals surface area (Å²) >= 11 is 0. The van der Waals surface area contributed by atoms with Gasteiger partial charge in [-0.3, -0.25) is 9.69 Å². The predicted molar refractivity (Wildman–Crippen MR) is 71.0 cm³/mol. The molecule has 0 saturated carbocycles. The molecule has 5 nitrogen and oxygen atoms in total. The maximum atomic E-state index is 12.0. The average Bonchev–Trinajstić information content (AvgIpc) is 2.38. The number of carbonyl (C=O) groups is 1. The lowest BCUT2D eigenvalue weighted by molar-refractivity contribution is -0.135. The number of carbonyl (C=O) groups excluding carboxylic acids is 1. The second-order valence-corrected chi connectivity index (χ2v) is 5.06.